The van der Waals surface area contributed by atoms with Crippen LogP contribution in [0.1, 0.15) is 67.7 Å². The highest BCUT2D eigenvalue weighted by Gasteiger charge is 2.30. The molecule has 0 radical (unpaired) electrons. The Bertz CT molecular complexity index is 265. The molecule has 3 atom stereocenters. The van der Waals surface area contributed by atoms with Crippen molar-refractivity contribution in [3.8, 4) is 0 Å². The van der Waals surface area contributed by atoms with Crippen molar-refractivity contribution in [2.24, 2.45) is 22.7 Å². The van der Waals surface area contributed by atoms with E-state index in [9.17, 15) is 8.78 Å². The first kappa shape index (κ1) is 20.8. The highest BCUT2D eigenvalue weighted by molar-refractivity contribution is 4.83. The van der Waals surface area contributed by atoms with E-state index in [2.05, 4.69) is 46.9 Å². The third kappa shape index (κ3) is 12.1. The van der Waals surface area contributed by atoms with Crippen LogP contribution in [0.25, 0.3) is 0 Å². The molecule has 128 valence electrons. The molecule has 0 aromatic carbocycles. The lowest BCUT2D eigenvalue weighted by Crippen LogP contribution is -2.20. The molecule has 1 N–H and O–H groups in total. The van der Waals surface area contributed by atoms with Gasteiger partial charge in [0.2, 0.25) is 0 Å². The topological polar surface area (TPSA) is 12.0 Å². The van der Waals surface area contributed by atoms with Gasteiger partial charge in [-0.15, -0.1) is 0 Å². The van der Waals surface area contributed by atoms with Gasteiger partial charge < -0.3 is 5.32 Å². The minimum absolute atomic E-state index is 0.171. The molecule has 0 saturated carbocycles. The normalized spacial score (nSPS) is 24.4. The summed E-state index contributed by atoms with van der Waals surface area (Å²) in [4.78, 5) is 0. The average molecular weight is 305 g/mol. The monoisotopic (exact) mass is 305 g/mol. The van der Waals surface area contributed by atoms with Gasteiger partial charge in [0.15, 0.2) is 0 Å². The number of rotatable bonds is 4. The summed E-state index contributed by atoms with van der Waals surface area (Å²) in [5.41, 5.74) is 0.629. The molecule has 0 bridgehead atoms. The Morgan fingerprint density at radius 2 is 1.62 bits per heavy atom. The van der Waals surface area contributed by atoms with Gasteiger partial charge >= 0.3 is 0 Å². The maximum atomic E-state index is 13.1. The van der Waals surface area contributed by atoms with Gasteiger partial charge in [-0.05, 0) is 36.0 Å². The molecule has 1 rings (SSSR count). The highest BCUT2D eigenvalue weighted by Crippen LogP contribution is 2.29. The largest absolute Gasteiger partial charge is 0.313 e. The first-order valence-electron chi connectivity index (χ1n) is 8.35. The van der Waals surface area contributed by atoms with Crippen LogP contribution in [0.2, 0.25) is 0 Å². The summed E-state index contributed by atoms with van der Waals surface area (Å²) in [6.07, 6.45) is 2.51. The Morgan fingerprint density at radius 3 is 1.95 bits per heavy atom. The maximum absolute atomic E-state index is 13.1. The average Bonchev–Trinajstić information content (AvgIpc) is 2.69. The van der Waals surface area contributed by atoms with Gasteiger partial charge in [-0.2, -0.15) is 0 Å². The Morgan fingerprint density at radius 1 is 1.05 bits per heavy atom. The first-order chi connectivity index (χ1) is 9.44. The summed E-state index contributed by atoms with van der Waals surface area (Å²) in [5, 5.41) is 3.07. The fraction of sp³-hybridized carbons (Fsp3) is 1.00. The van der Waals surface area contributed by atoms with Crippen LogP contribution >= 0.6 is 0 Å². The zero-order valence-corrected chi connectivity index (χ0v) is 15.2. The van der Waals surface area contributed by atoms with E-state index < -0.39 is 6.17 Å². The van der Waals surface area contributed by atoms with Crippen molar-refractivity contribution in [2.45, 2.75) is 73.9 Å². The molecular weight excluding hydrogens is 268 g/mol. The fourth-order valence-corrected chi connectivity index (χ4v) is 2.44. The number of alkyl halides is 2. The molecule has 1 fully saturated rings. The van der Waals surface area contributed by atoms with Crippen molar-refractivity contribution in [2.75, 3.05) is 19.8 Å². The SMILES string of the molecule is CC(C)(C)C[C@@H]1CNC[C@@H]1F.C[C@H](CF)CCC(C)(C)C. The lowest BCUT2D eigenvalue weighted by atomic mass is 9.84. The first-order valence-corrected chi connectivity index (χ1v) is 8.35. The van der Waals surface area contributed by atoms with Crippen molar-refractivity contribution in [3.63, 3.8) is 0 Å². The van der Waals surface area contributed by atoms with Gasteiger partial charge in [-0.1, -0.05) is 48.5 Å². The maximum Gasteiger partial charge on any atom is 0.117 e. The van der Waals surface area contributed by atoms with Crippen LogP contribution in [0.4, 0.5) is 8.78 Å². The summed E-state index contributed by atoms with van der Waals surface area (Å²) >= 11 is 0. The van der Waals surface area contributed by atoms with Gasteiger partial charge in [0.05, 0.1) is 6.67 Å². The molecule has 0 spiro atoms. The third-order valence-corrected chi connectivity index (χ3v) is 3.78. The number of hydrogen-bond donors (Lipinski definition) is 1. The van der Waals surface area contributed by atoms with E-state index >= 15 is 0 Å². The molecule has 0 amide bonds. The molecule has 1 saturated heterocycles. The molecular formula is C18H37F2N. The van der Waals surface area contributed by atoms with Crippen LogP contribution < -0.4 is 5.32 Å². The quantitative estimate of drug-likeness (QED) is 0.733. The Kier molecular flexibility index (Phi) is 8.99. The predicted octanol–water partition coefficient (Wildman–Crippen LogP) is 5.40. The second-order valence-corrected chi connectivity index (χ2v) is 9.06. The summed E-state index contributed by atoms with van der Waals surface area (Å²) in [6, 6.07) is 0. The molecule has 0 unspecified atom stereocenters. The minimum Gasteiger partial charge on any atom is -0.313 e. The lowest BCUT2D eigenvalue weighted by molar-refractivity contribution is 0.213. The highest BCUT2D eigenvalue weighted by atomic mass is 19.1. The second-order valence-electron chi connectivity index (χ2n) is 9.06. The van der Waals surface area contributed by atoms with Crippen molar-refractivity contribution in [1.29, 1.82) is 0 Å². The van der Waals surface area contributed by atoms with Gasteiger partial charge in [0.1, 0.15) is 6.17 Å². The van der Waals surface area contributed by atoms with Crippen LogP contribution in [-0.4, -0.2) is 25.9 Å². The molecule has 0 aromatic heterocycles. The molecule has 0 aromatic rings. The van der Waals surface area contributed by atoms with Crippen LogP contribution in [0, 0.1) is 22.7 Å². The molecule has 1 aliphatic heterocycles. The van der Waals surface area contributed by atoms with Crippen LogP contribution in [-0.2, 0) is 0 Å². The summed E-state index contributed by atoms with van der Waals surface area (Å²) in [5.74, 6) is 0.495. The molecule has 21 heavy (non-hydrogen) atoms. The van der Waals surface area contributed by atoms with E-state index in [1.165, 1.54) is 0 Å². The number of nitrogens with one attached hydrogen (secondary N) is 1. The lowest BCUT2D eigenvalue weighted by Gasteiger charge is -2.23. The van der Waals surface area contributed by atoms with E-state index in [0.29, 0.717) is 12.0 Å². The summed E-state index contributed by atoms with van der Waals surface area (Å²) < 4.78 is 25.0. The fourth-order valence-electron chi connectivity index (χ4n) is 2.44. The molecule has 0 aliphatic carbocycles. The molecule has 1 aliphatic rings. The van der Waals surface area contributed by atoms with Gasteiger partial charge in [-0.3, -0.25) is 4.39 Å². The number of hydrogen-bond acceptors (Lipinski definition) is 1. The smallest absolute Gasteiger partial charge is 0.117 e. The Hall–Kier alpha value is -0.180. The van der Waals surface area contributed by atoms with Crippen molar-refractivity contribution in [1.82, 2.24) is 5.32 Å². The minimum atomic E-state index is -0.616. The van der Waals surface area contributed by atoms with E-state index in [1.807, 2.05) is 6.92 Å². The van der Waals surface area contributed by atoms with Gasteiger partial charge in [-0.25, -0.2) is 4.39 Å². The second kappa shape index (κ2) is 9.07. The van der Waals surface area contributed by atoms with E-state index in [-0.39, 0.29) is 23.9 Å². The third-order valence-electron chi connectivity index (χ3n) is 3.78. The Labute approximate surface area is 131 Å². The van der Waals surface area contributed by atoms with E-state index in [4.69, 9.17) is 0 Å². The van der Waals surface area contributed by atoms with Crippen LogP contribution in [0.5, 0.6) is 0 Å². The molecule has 3 heteroatoms. The predicted molar refractivity (Wildman–Crippen MR) is 89.2 cm³/mol. The van der Waals surface area contributed by atoms with Gasteiger partial charge in [0.25, 0.3) is 0 Å². The summed E-state index contributed by atoms with van der Waals surface area (Å²) in [6.45, 7) is 16.3. The zero-order valence-electron chi connectivity index (χ0n) is 15.2. The van der Waals surface area contributed by atoms with Crippen molar-refractivity contribution < 1.29 is 8.78 Å². The van der Waals surface area contributed by atoms with Crippen molar-refractivity contribution >= 4 is 0 Å². The Balaban J connectivity index is 0.000000384. The van der Waals surface area contributed by atoms with Gasteiger partial charge in [0, 0.05) is 19.0 Å². The van der Waals surface area contributed by atoms with Crippen LogP contribution in [0.15, 0.2) is 0 Å². The number of halogens is 2. The zero-order chi connectivity index (χ0) is 16.7. The molecule has 1 nitrogen and oxygen atoms in total. The standard InChI is InChI=1S/C9H18FN.C9H19F/c1-9(2,3)4-7-5-11-6-8(7)10;1-8(7-10)5-6-9(2,3)4/h7-8,11H,4-6H2,1-3H3;8H,5-7H2,1-4H3/t7-,8+;8-/m10/s1. The van der Waals surface area contributed by atoms with E-state index in [0.717, 1.165) is 25.8 Å². The van der Waals surface area contributed by atoms with E-state index in [1.54, 1.807) is 0 Å². The molecule has 1 heterocycles. The summed E-state index contributed by atoms with van der Waals surface area (Å²) in [7, 11) is 0. The van der Waals surface area contributed by atoms with Crippen LogP contribution in [0.3, 0.4) is 0 Å². The van der Waals surface area contributed by atoms with Crippen molar-refractivity contribution in [3.05, 3.63) is 0 Å².